The molecule has 0 aliphatic rings. The van der Waals surface area contributed by atoms with Crippen LogP contribution in [0.3, 0.4) is 0 Å². The number of hydrazine groups is 1. The summed E-state index contributed by atoms with van der Waals surface area (Å²) in [6, 6.07) is 3.46. The molecule has 0 aliphatic heterocycles. The van der Waals surface area contributed by atoms with Crippen molar-refractivity contribution >= 4 is 28.3 Å². The van der Waals surface area contributed by atoms with Crippen LogP contribution in [0.15, 0.2) is 23.1 Å². The quantitative estimate of drug-likeness (QED) is 0.509. The fourth-order valence-electron chi connectivity index (χ4n) is 1.15. The Morgan fingerprint density at radius 1 is 1.41 bits per heavy atom. The topological polar surface area (TPSA) is 63.8 Å². The van der Waals surface area contributed by atoms with Gasteiger partial charge in [-0.05, 0) is 12.1 Å². The van der Waals surface area contributed by atoms with E-state index in [0.717, 1.165) is 17.6 Å². The minimum Gasteiger partial charge on any atom is -0.313 e. The zero-order valence-electron chi connectivity index (χ0n) is 8.48. The Morgan fingerprint density at radius 2 is 2.24 bits per heavy atom. The molecule has 0 radical (unpaired) electrons. The molecule has 0 amide bonds. The first-order valence-electron chi connectivity index (χ1n) is 4.56. The molecule has 0 saturated carbocycles. The largest absolute Gasteiger partial charge is 0.313 e. The number of benzene rings is 1. The van der Waals surface area contributed by atoms with Crippen molar-refractivity contribution in [2.45, 2.75) is 10.6 Å². The molecule has 0 atom stereocenters. The van der Waals surface area contributed by atoms with Gasteiger partial charge in [0.2, 0.25) is 0 Å². The number of hydrogen-bond acceptors (Lipinski definition) is 6. The average molecular weight is 274 g/mol. The van der Waals surface area contributed by atoms with Crippen LogP contribution in [0.4, 0.5) is 13.8 Å². The van der Waals surface area contributed by atoms with Gasteiger partial charge in [-0.2, -0.15) is 0 Å². The SMILES string of the molecule is NNc1snnc1CSc1ccc(F)cc1F. The van der Waals surface area contributed by atoms with E-state index in [1.54, 1.807) is 0 Å². The molecule has 0 bridgehead atoms. The Kier molecular flexibility index (Phi) is 3.87. The van der Waals surface area contributed by atoms with Crippen molar-refractivity contribution in [3.63, 3.8) is 0 Å². The van der Waals surface area contributed by atoms with Gasteiger partial charge in [-0.1, -0.05) is 4.49 Å². The minimum absolute atomic E-state index is 0.363. The summed E-state index contributed by atoms with van der Waals surface area (Å²) in [6.07, 6.45) is 0. The minimum atomic E-state index is -0.591. The van der Waals surface area contributed by atoms with Crippen LogP contribution in [0.5, 0.6) is 0 Å². The van der Waals surface area contributed by atoms with Gasteiger partial charge in [-0.25, -0.2) is 14.6 Å². The number of hydrogen-bond donors (Lipinski definition) is 2. The molecule has 0 saturated heterocycles. The first kappa shape index (κ1) is 12.2. The van der Waals surface area contributed by atoms with E-state index in [2.05, 4.69) is 15.0 Å². The summed E-state index contributed by atoms with van der Waals surface area (Å²) >= 11 is 2.34. The molecule has 1 heterocycles. The number of nitrogens with one attached hydrogen (secondary N) is 1. The summed E-state index contributed by atoms with van der Waals surface area (Å²) < 4.78 is 29.7. The van der Waals surface area contributed by atoms with Crippen LogP contribution in [0.1, 0.15) is 5.69 Å². The van der Waals surface area contributed by atoms with Crippen LogP contribution < -0.4 is 11.3 Å². The number of anilines is 1. The molecule has 2 aromatic rings. The lowest BCUT2D eigenvalue weighted by Crippen LogP contribution is -2.06. The van der Waals surface area contributed by atoms with Crippen LogP contribution >= 0.6 is 23.3 Å². The van der Waals surface area contributed by atoms with E-state index in [0.29, 0.717) is 21.3 Å². The number of aromatic nitrogens is 2. The molecule has 8 heteroatoms. The summed E-state index contributed by atoms with van der Waals surface area (Å²) in [5, 5.41) is 4.50. The molecule has 0 spiro atoms. The van der Waals surface area contributed by atoms with Crippen LogP contribution in [-0.2, 0) is 5.75 Å². The van der Waals surface area contributed by atoms with E-state index in [9.17, 15) is 8.78 Å². The summed E-state index contributed by atoms with van der Waals surface area (Å²) in [5.74, 6) is 4.50. The Bertz CT molecular complexity index is 517. The Hall–Kier alpha value is -1.25. The molecule has 1 aromatic carbocycles. The van der Waals surface area contributed by atoms with Crippen molar-refractivity contribution in [3.8, 4) is 0 Å². The molecule has 0 aliphatic carbocycles. The first-order chi connectivity index (χ1) is 8.20. The van der Waals surface area contributed by atoms with Crippen LogP contribution in [-0.4, -0.2) is 9.59 Å². The number of rotatable bonds is 4. The van der Waals surface area contributed by atoms with Gasteiger partial charge in [-0.3, -0.25) is 0 Å². The van der Waals surface area contributed by atoms with Crippen molar-refractivity contribution in [2.75, 3.05) is 5.43 Å². The second kappa shape index (κ2) is 5.39. The van der Waals surface area contributed by atoms with Gasteiger partial charge >= 0.3 is 0 Å². The summed E-state index contributed by atoms with van der Waals surface area (Å²) in [5.41, 5.74) is 3.11. The van der Waals surface area contributed by atoms with E-state index in [1.165, 1.54) is 23.9 Å². The fraction of sp³-hybridized carbons (Fsp3) is 0.111. The fourth-order valence-corrected chi connectivity index (χ4v) is 2.59. The molecule has 1 aromatic heterocycles. The molecule has 4 nitrogen and oxygen atoms in total. The highest BCUT2D eigenvalue weighted by Gasteiger charge is 2.09. The van der Waals surface area contributed by atoms with Gasteiger partial charge in [0.25, 0.3) is 0 Å². The number of nitrogen functional groups attached to an aromatic ring is 1. The molecular formula is C9H8F2N4S2. The maximum absolute atomic E-state index is 13.3. The van der Waals surface area contributed by atoms with Crippen molar-refractivity contribution in [1.82, 2.24) is 9.59 Å². The monoisotopic (exact) mass is 274 g/mol. The molecule has 0 fully saturated rings. The Labute approximate surface area is 104 Å². The van der Waals surface area contributed by atoms with Crippen molar-refractivity contribution < 1.29 is 8.78 Å². The third kappa shape index (κ3) is 2.90. The van der Waals surface area contributed by atoms with E-state index in [4.69, 9.17) is 5.84 Å². The number of thioether (sulfide) groups is 1. The molecule has 3 N–H and O–H groups in total. The maximum atomic E-state index is 13.3. The lowest BCUT2D eigenvalue weighted by Gasteiger charge is -2.02. The molecular weight excluding hydrogens is 266 g/mol. The number of nitrogens with zero attached hydrogens (tertiary/aromatic N) is 2. The first-order valence-corrected chi connectivity index (χ1v) is 6.32. The van der Waals surface area contributed by atoms with Gasteiger partial charge in [0.1, 0.15) is 22.3 Å². The lowest BCUT2D eigenvalue weighted by molar-refractivity contribution is 0.565. The van der Waals surface area contributed by atoms with Crippen molar-refractivity contribution in [2.24, 2.45) is 5.84 Å². The maximum Gasteiger partial charge on any atom is 0.148 e. The van der Waals surface area contributed by atoms with Gasteiger partial charge in [0.15, 0.2) is 0 Å². The van der Waals surface area contributed by atoms with E-state index in [-0.39, 0.29) is 0 Å². The average Bonchev–Trinajstić information content (AvgIpc) is 2.75. The number of nitrogens with two attached hydrogens (primary N) is 1. The number of halogens is 2. The molecule has 0 unspecified atom stereocenters. The molecule has 2 rings (SSSR count). The Morgan fingerprint density at radius 3 is 2.94 bits per heavy atom. The van der Waals surface area contributed by atoms with Crippen molar-refractivity contribution in [1.29, 1.82) is 0 Å². The smallest absolute Gasteiger partial charge is 0.148 e. The third-order valence-corrected chi connectivity index (χ3v) is 3.70. The second-order valence-corrected chi connectivity index (χ2v) is 4.83. The van der Waals surface area contributed by atoms with Gasteiger partial charge in [-0.15, -0.1) is 16.9 Å². The van der Waals surface area contributed by atoms with Crippen LogP contribution in [0.2, 0.25) is 0 Å². The predicted molar refractivity (Wildman–Crippen MR) is 63.6 cm³/mol. The Balaban J connectivity index is 2.07. The summed E-state index contributed by atoms with van der Waals surface area (Å²) in [7, 11) is 0. The highest BCUT2D eigenvalue weighted by atomic mass is 32.2. The predicted octanol–water partition coefficient (Wildman–Crippen LogP) is 2.39. The zero-order chi connectivity index (χ0) is 12.3. The van der Waals surface area contributed by atoms with E-state index >= 15 is 0 Å². The van der Waals surface area contributed by atoms with Gasteiger partial charge in [0, 0.05) is 28.2 Å². The third-order valence-electron chi connectivity index (χ3n) is 1.95. The van der Waals surface area contributed by atoms with Gasteiger partial charge in [0.05, 0.1) is 0 Å². The van der Waals surface area contributed by atoms with Crippen LogP contribution in [0, 0.1) is 11.6 Å². The van der Waals surface area contributed by atoms with Gasteiger partial charge < -0.3 is 5.43 Å². The second-order valence-electron chi connectivity index (χ2n) is 3.06. The molecule has 17 heavy (non-hydrogen) atoms. The standard InChI is InChI=1S/C9H8F2N4S2/c10-5-1-2-8(6(11)3-5)16-4-7-9(13-12)17-15-14-7/h1-3,13H,4,12H2. The van der Waals surface area contributed by atoms with E-state index in [1.807, 2.05) is 0 Å². The lowest BCUT2D eigenvalue weighted by atomic mass is 10.3. The summed E-state index contributed by atoms with van der Waals surface area (Å²) in [4.78, 5) is 0.363. The highest BCUT2D eigenvalue weighted by Crippen LogP contribution is 2.28. The highest BCUT2D eigenvalue weighted by molar-refractivity contribution is 7.98. The van der Waals surface area contributed by atoms with Crippen LogP contribution in [0.25, 0.3) is 0 Å². The normalized spacial score (nSPS) is 10.5. The van der Waals surface area contributed by atoms with E-state index < -0.39 is 11.6 Å². The zero-order valence-corrected chi connectivity index (χ0v) is 10.1. The van der Waals surface area contributed by atoms with Crippen molar-refractivity contribution in [3.05, 3.63) is 35.5 Å². The summed E-state index contributed by atoms with van der Waals surface area (Å²) in [6.45, 7) is 0. The molecule has 90 valence electrons.